The predicted octanol–water partition coefficient (Wildman–Crippen LogP) is 3.56. The van der Waals surface area contributed by atoms with E-state index in [1.807, 2.05) is 43.4 Å². The van der Waals surface area contributed by atoms with Gasteiger partial charge in [-0.25, -0.2) is 0 Å². The number of hydrogen-bond acceptors (Lipinski definition) is 3. The molecule has 0 aromatic heterocycles. The van der Waals surface area contributed by atoms with Crippen molar-refractivity contribution >= 4 is 11.6 Å². The average molecular weight is 267 g/mol. The van der Waals surface area contributed by atoms with Crippen molar-refractivity contribution in [3.05, 3.63) is 53.6 Å². The Morgan fingerprint density at radius 2 is 1.95 bits per heavy atom. The van der Waals surface area contributed by atoms with Gasteiger partial charge in [0.25, 0.3) is 0 Å². The van der Waals surface area contributed by atoms with Gasteiger partial charge in [0, 0.05) is 17.7 Å². The lowest BCUT2D eigenvalue weighted by molar-refractivity contribution is 0.412. The fraction of sp³-hybridized carbons (Fsp3) is 0.176. The molecule has 2 aromatic carbocycles. The lowest BCUT2D eigenvalue weighted by Crippen LogP contribution is -2.09. The summed E-state index contributed by atoms with van der Waals surface area (Å²) >= 11 is 0. The normalized spacial score (nSPS) is 12.6. The van der Waals surface area contributed by atoms with Gasteiger partial charge in [-0.15, -0.1) is 0 Å². The lowest BCUT2D eigenvalue weighted by atomic mass is 10.0. The highest BCUT2D eigenvalue weighted by atomic mass is 16.5. The molecule has 0 aliphatic carbocycles. The molecule has 0 fully saturated rings. The smallest absolute Gasteiger partial charge is 0.135 e. The van der Waals surface area contributed by atoms with Crippen molar-refractivity contribution < 1.29 is 9.47 Å². The molecule has 0 bridgehead atoms. The Bertz CT molecular complexity index is 662. The average Bonchev–Trinajstić information content (AvgIpc) is 2.63. The van der Waals surface area contributed by atoms with Crippen LogP contribution in [0.1, 0.15) is 11.1 Å². The van der Waals surface area contributed by atoms with Crippen LogP contribution in [0.3, 0.4) is 0 Å². The Morgan fingerprint density at radius 1 is 1.10 bits per heavy atom. The van der Waals surface area contributed by atoms with Crippen LogP contribution in [0.2, 0.25) is 0 Å². The minimum Gasteiger partial charge on any atom is -0.497 e. The molecule has 0 spiro atoms. The standard InChI is InChI=1S/C17H17NO2/c1-18-11-13-9-12-5-3-4-6-16(12)20-17-8-7-14(19-2)10-15(13)17/h3-10,18H,11H2,1-2H3. The van der Waals surface area contributed by atoms with Gasteiger partial charge in [0.05, 0.1) is 7.11 Å². The number of ether oxygens (including phenoxy) is 2. The third kappa shape index (κ3) is 2.28. The van der Waals surface area contributed by atoms with Crippen LogP contribution in [-0.2, 0) is 0 Å². The van der Waals surface area contributed by atoms with Crippen LogP contribution in [0.4, 0.5) is 0 Å². The minimum atomic E-state index is 0.776. The summed E-state index contributed by atoms with van der Waals surface area (Å²) in [4.78, 5) is 0. The van der Waals surface area contributed by atoms with Crippen molar-refractivity contribution in [3.8, 4) is 17.2 Å². The third-order valence-corrected chi connectivity index (χ3v) is 3.37. The van der Waals surface area contributed by atoms with Crippen molar-refractivity contribution in [2.45, 2.75) is 0 Å². The zero-order valence-electron chi connectivity index (χ0n) is 11.6. The molecule has 1 aliphatic rings. The topological polar surface area (TPSA) is 30.5 Å². The molecule has 0 radical (unpaired) electrons. The van der Waals surface area contributed by atoms with Gasteiger partial charge in [-0.05, 0) is 43.0 Å². The van der Waals surface area contributed by atoms with E-state index in [4.69, 9.17) is 9.47 Å². The molecule has 0 atom stereocenters. The second kappa shape index (κ2) is 5.39. The number of benzene rings is 2. The van der Waals surface area contributed by atoms with Gasteiger partial charge in [0.2, 0.25) is 0 Å². The summed E-state index contributed by atoms with van der Waals surface area (Å²) < 4.78 is 11.4. The molecule has 1 heterocycles. The highest BCUT2D eigenvalue weighted by molar-refractivity contribution is 5.88. The quantitative estimate of drug-likeness (QED) is 0.922. The van der Waals surface area contributed by atoms with Crippen LogP contribution < -0.4 is 14.8 Å². The summed E-state index contributed by atoms with van der Waals surface area (Å²) in [6.45, 7) is 0.776. The molecule has 3 rings (SSSR count). The molecule has 0 unspecified atom stereocenters. The first-order valence-electron chi connectivity index (χ1n) is 6.62. The molecule has 0 amide bonds. The van der Waals surface area contributed by atoms with E-state index in [9.17, 15) is 0 Å². The minimum absolute atomic E-state index is 0.776. The first kappa shape index (κ1) is 12.8. The Balaban J connectivity index is 2.18. The summed E-state index contributed by atoms with van der Waals surface area (Å²) in [7, 11) is 3.62. The van der Waals surface area contributed by atoms with Gasteiger partial charge in [-0.2, -0.15) is 0 Å². The van der Waals surface area contributed by atoms with Gasteiger partial charge in [-0.3, -0.25) is 0 Å². The van der Waals surface area contributed by atoms with Gasteiger partial charge in [-0.1, -0.05) is 18.2 Å². The number of fused-ring (bicyclic) bond motifs is 2. The Kier molecular flexibility index (Phi) is 3.44. The number of nitrogens with one attached hydrogen (secondary N) is 1. The molecule has 1 N–H and O–H groups in total. The molecular weight excluding hydrogens is 250 g/mol. The Hall–Kier alpha value is -2.26. The van der Waals surface area contributed by atoms with Crippen molar-refractivity contribution in [2.24, 2.45) is 0 Å². The largest absolute Gasteiger partial charge is 0.497 e. The highest BCUT2D eigenvalue weighted by Gasteiger charge is 2.16. The van der Waals surface area contributed by atoms with Crippen molar-refractivity contribution in [2.75, 3.05) is 20.7 Å². The first-order chi connectivity index (χ1) is 9.81. The summed E-state index contributed by atoms with van der Waals surface area (Å²) in [6.07, 6.45) is 2.16. The molecule has 102 valence electrons. The van der Waals surface area contributed by atoms with Crippen LogP contribution in [-0.4, -0.2) is 20.7 Å². The van der Waals surface area contributed by atoms with Crippen LogP contribution in [0.15, 0.2) is 42.5 Å². The monoisotopic (exact) mass is 267 g/mol. The second-order valence-electron chi connectivity index (χ2n) is 4.70. The van der Waals surface area contributed by atoms with Gasteiger partial charge >= 0.3 is 0 Å². The maximum absolute atomic E-state index is 6.04. The lowest BCUT2D eigenvalue weighted by Gasteiger charge is -2.12. The Labute approximate surface area is 118 Å². The van der Waals surface area contributed by atoms with Crippen LogP contribution in [0.5, 0.6) is 17.2 Å². The van der Waals surface area contributed by atoms with Gasteiger partial charge < -0.3 is 14.8 Å². The van der Waals surface area contributed by atoms with Crippen molar-refractivity contribution in [1.29, 1.82) is 0 Å². The van der Waals surface area contributed by atoms with Crippen molar-refractivity contribution in [1.82, 2.24) is 5.32 Å². The third-order valence-electron chi connectivity index (χ3n) is 3.37. The maximum atomic E-state index is 6.04. The first-order valence-corrected chi connectivity index (χ1v) is 6.62. The summed E-state index contributed by atoms with van der Waals surface area (Å²) in [6, 6.07) is 14.0. The fourth-order valence-corrected chi connectivity index (χ4v) is 2.39. The number of rotatable bonds is 3. The van der Waals surface area contributed by atoms with E-state index in [0.29, 0.717) is 0 Å². The van der Waals surface area contributed by atoms with Crippen LogP contribution in [0.25, 0.3) is 11.6 Å². The van der Waals surface area contributed by atoms with Crippen LogP contribution in [0, 0.1) is 0 Å². The molecule has 1 aliphatic heterocycles. The summed E-state index contributed by atoms with van der Waals surface area (Å²) in [5, 5.41) is 3.21. The maximum Gasteiger partial charge on any atom is 0.135 e. The zero-order chi connectivity index (χ0) is 13.9. The second-order valence-corrected chi connectivity index (χ2v) is 4.70. The molecule has 0 saturated heterocycles. The molecule has 0 saturated carbocycles. The van der Waals surface area contributed by atoms with Crippen molar-refractivity contribution in [3.63, 3.8) is 0 Å². The SMILES string of the molecule is CNCC1=Cc2ccccc2Oc2ccc(OC)cc21. The molecular formula is C17H17NO2. The summed E-state index contributed by atoms with van der Waals surface area (Å²) in [5.74, 6) is 2.57. The fourth-order valence-electron chi connectivity index (χ4n) is 2.39. The number of para-hydroxylation sites is 1. The molecule has 3 heteroatoms. The van der Waals surface area contributed by atoms with Gasteiger partial charge in [0.15, 0.2) is 0 Å². The van der Waals surface area contributed by atoms with Gasteiger partial charge in [0.1, 0.15) is 17.2 Å². The number of methoxy groups -OCH3 is 1. The molecule has 3 nitrogen and oxygen atoms in total. The van der Waals surface area contributed by atoms with E-state index in [2.05, 4.69) is 17.5 Å². The van der Waals surface area contributed by atoms with E-state index in [1.54, 1.807) is 7.11 Å². The van der Waals surface area contributed by atoms with E-state index < -0.39 is 0 Å². The predicted molar refractivity (Wildman–Crippen MR) is 81.3 cm³/mol. The summed E-state index contributed by atoms with van der Waals surface area (Å²) in [5.41, 5.74) is 3.34. The number of hydrogen-bond donors (Lipinski definition) is 1. The van der Waals surface area contributed by atoms with E-state index in [-0.39, 0.29) is 0 Å². The molecule has 2 aromatic rings. The van der Waals surface area contributed by atoms with E-state index in [0.717, 1.165) is 34.9 Å². The van der Waals surface area contributed by atoms with E-state index >= 15 is 0 Å². The van der Waals surface area contributed by atoms with E-state index in [1.165, 1.54) is 5.57 Å². The van der Waals surface area contributed by atoms with Crippen LogP contribution >= 0.6 is 0 Å². The molecule has 20 heavy (non-hydrogen) atoms. The Morgan fingerprint density at radius 3 is 2.75 bits per heavy atom. The highest BCUT2D eigenvalue weighted by Crippen LogP contribution is 2.39. The number of likely N-dealkylation sites (N-methyl/N-ethyl adjacent to an activating group) is 1. The zero-order valence-corrected chi connectivity index (χ0v) is 11.6.